The molecule has 2 aromatic rings. The van der Waals surface area contributed by atoms with Crippen molar-refractivity contribution in [3.63, 3.8) is 0 Å². The number of aromatic nitrogens is 2. The molecule has 1 aromatic heterocycles. The van der Waals surface area contributed by atoms with Crippen LogP contribution in [0.15, 0.2) is 36.7 Å². The van der Waals surface area contributed by atoms with Crippen molar-refractivity contribution in [3.8, 4) is 0 Å². The summed E-state index contributed by atoms with van der Waals surface area (Å²) < 4.78 is 0. The molecule has 2 heterocycles. The number of aryl methyl sites for hydroxylation is 1. The van der Waals surface area contributed by atoms with Crippen LogP contribution >= 0.6 is 0 Å². The Hall–Kier alpha value is -2.34. The van der Waals surface area contributed by atoms with Crippen LogP contribution in [0.25, 0.3) is 0 Å². The zero-order valence-electron chi connectivity index (χ0n) is 14.1. The maximum absolute atomic E-state index is 12.0. The maximum Gasteiger partial charge on any atom is 0.319 e. The van der Waals surface area contributed by atoms with E-state index in [-0.39, 0.29) is 6.03 Å². The van der Waals surface area contributed by atoms with Crippen LogP contribution < -0.4 is 10.6 Å². The molecule has 128 valence electrons. The average molecular weight is 327 g/mol. The van der Waals surface area contributed by atoms with Crippen LogP contribution in [0.5, 0.6) is 0 Å². The number of amides is 2. The second kappa shape index (κ2) is 7.97. The Bertz CT molecular complexity index is 638. The van der Waals surface area contributed by atoms with Crippen molar-refractivity contribution < 1.29 is 4.79 Å². The molecule has 1 saturated heterocycles. The van der Waals surface area contributed by atoms with E-state index in [0.717, 1.165) is 44.0 Å². The fraction of sp³-hybridized carbons (Fsp3) is 0.444. The number of rotatable bonds is 5. The Balaban J connectivity index is 1.42. The van der Waals surface area contributed by atoms with Crippen LogP contribution in [0.3, 0.4) is 0 Å². The maximum atomic E-state index is 12.0. The van der Waals surface area contributed by atoms with Crippen molar-refractivity contribution >= 4 is 11.7 Å². The average Bonchev–Trinajstić information content (AvgIpc) is 3.08. The van der Waals surface area contributed by atoms with E-state index >= 15 is 0 Å². The third-order valence-electron chi connectivity index (χ3n) is 4.39. The lowest BCUT2D eigenvalue weighted by molar-refractivity contribution is 0.163. The summed E-state index contributed by atoms with van der Waals surface area (Å²) >= 11 is 0. The molecule has 1 fully saturated rings. The van der Waals surface area contributed by atoms with Gasteiger partial charge < -0.3 is 15.6 Å². The summed E-state index contributed by atoms with van der Waals surface area (Å²) in [5, 5.41) is 5.87. The predicted octanol–water partition coefficient (Wildman–Crippen LogP) is 2.75. The number of carbonyl (C=O) groups excluding carboxylic acids is 1. The van der Waals surface area contributed by atoms with Gasteiger partial charge in [0, 0.05) is 31.2 Å². The third-order valence-corrected chi connectivity index (χ3v) is 4.39. The Morgan fingerprint density at radius 2 is 2.21 bits per heavy atom. The fourth-order valence-corrected chi connectivity index (χ4v) is 3.11. The van der Waals surface area contributed by atoms with Gasteiger partial charge in [-0.05, 0) is 44.4 Å². The molecule has 1 unspecified atom stereocenters. The lowest BCUT2D eigenvalue weighted by Crippen LogP contribution is -2.41. The molecule has 0 radical (unpaired) electrons. The fourth-order valence-electron chi connectivity index (χ4n) is 3.11. The van der Waals surface area contributed by atoms with E-state index < -0.39 is 0 Å². The molecule has 0 bridgehead atoms. The number of aromatic amines is 1. The first-order valence-electron chi connectivity index (χ1n) is 8.51. The van der Waals surface area contributed by atoms with Crippen LogP contribution in [-0.4, -0.2) is 40.5 Å². The standard InChI is InChI=1S/C18H25N5O/c1-14-4-6-16(7-5-14)22-18(24)21-11-15-3-2-10-23(12-15)13-17-19-8-9-20-17/h4-9,15H,2-3,10-13H2,1H3,(H,19,20)(H2,21,22,24). The van der Waals surface area contributed by atoms with Gasteiger partial charge >= 0.3 is 6.03 Å². The Labute approximate surface area is 142 Å². The summed E-state index contributed by atoms with van der Waals surface area (Å²) in [6.07, 6.45) is 5.95. The molecule has 6 heteroatoms. The van der Waals surface area contributed by atoms with Crippen molar-refractivity contribution in [2.24, 2.45) is 5.92 Å². The van der Waals surface area contributed by atoms with Crippen molar-refractivity contribution in [1.82, 2.24) is 20.2 Å². The highest BCUT2D eigenvalue weighted by Gasteiger charge is 2.21. The van der Waals surface area contributed by atoms with E-state index in [9.17, 15) is 4.79 Å². The minimum absolute atomic E-state index is 0.137. The zero-order valence-corrected chi connectivity index (χ0v) is 14.1. The van der Waals surface area contributed by atoms with Gasteiger partial charge in [0.05, 0.1) is 6.54 Å². The van der Waals surface area contributed by atoms with Crippen LogP contribution in [0.1, 0.15) is 24.2 Å². The SMILES string of the molecule is Cc1ccc(NC(=O)NCC2CCCN(Cc3ncc[nH]3)C2)cc1. The summed E-state index contributed by atoms with van der Waals surface area (Å²) in [7, 11) is 0. The van der Waals surface area contributed by atoms with E-state index in [1.165, 1.54) is 5.56 Å². The number of nitrogens with one attached hydrogen (secondary N) is 3. The molecule has 2 amide bonds. The van der Waals surface area contributed by atoms with Gasteiger partial charge in [-0.15, -0.1) is 0 Å². The van der Waals surface area contributed by atoms with Gasteiger partial charge in [0.15, 0.2) is 0 Å². The first kappa shape index (κ1) is 16.5. The monoisotopic (exact) mass is 327 g/mol. The van der Waals surface area contributed by atoms with Gasteiger partial charge in [0.2, 0.25) is 0 Å². The second-order valence-electron chi connectivity index (χ2n) is 6.48. The number of hydrogen-bond acceptors (Lipinski definition) is 3. The number of hydrogen-bond donors (Lipinski definition) is 3. The number of imidazole rings is 1. The molecule has 1 aliphatic heterocycles. The topological polar surface area (TPSA) is 73.1 Å². The number of benzene rings is 1. The molecule has 3 N–H and O–H groups in total. The summed E-state index contributed by atoms with van der Waals surface area (Å²) in [6, 6.07) is 7.68. The second-order valence-corrected chi connectivity index (χ2v) is 6.48. The van der Waals surface area contributed by atoms with Gasteiger partial charge in [-0.1, -0.05) is 17.7 Å². The van der Waals surface area contributed by atoms with Crippen LogP contribution in [0, 0.1) is 12.8 Å². The number of piperidine rings is 1. The van der Waals surface area contributed by atoms with E-state index in [1.807, 2.05) is 37.4 Å². The quantitative estimate of drug-likeness (QED) is 0.790. The zero-order chi connectivity index (χ0) is 16.8. The molecule has 1 atom stereocenters. The summed E-state index contributed by atoms with van der Waals surface area (Å²) in [5.74, 6) is 1.48. The first-order valence-corrected chi connectivity index (χ1v) is 8.51. The van der Waals surface area contributed by atoms with E-state index in [4.69, 9.17) is 0 Å². The first-order chi connectivity index (χ1) is 11.7. The highest BCUT2D eigenvalue weighted by Crippen LogP contribution is 2.17. The summed E-state index contributed by atoms with van der Waals surface area (Å²) in [4.78, 5) is 21.9. The van der Waals surface area contributed by atoms with Gasteiger partial charge in [0.1, 0.15) is 5.82 Å². The molecule has 6 nitrogen and oxygen atoms in total. The molecule has 1 aliphatic rings. The number of carbonyl (C=O) groups is 1. The lowest BCUT2D eigenvalue weighted by Gasteiger charge is -2.32. The van der Waals surface area contributed by atoms with Crippen molar-refractivity contribution in [3.05, 3.63) is 48.0 Å². The highest BCUT2D eigenvalue weighted by atomic mass is 16.2. The minimum Gasteiger partial charge on any atom is -0.348 e. The normalized spacial score (nSPS) is 18.3. The number of urea groups is 1. The molecular weight excluding hydrogens is 302 g/mol. The van der Waals surface area contributed by atoms with Gasteiger partial charge in [-0.2, -0.15) is 0 Å². The molecule has 0 saturated carbocycles. The molecular formula is C18H25N5O. The minimum atomic E-state index is -0.137. The van der Waals surface area contributed by atoms with Gasteiger partial charge in [-0.25, -0.2) is 9.78 Å². The largest absolute Gasteiger partial charge is 0.348 e. The van der Waals surface area contributed by atoms with E-state index in [1.54, 1.807) is 6.20 Å². The Kier molecular flexibility index (Phi) is 5.48. The van der Waals surface area contributed by atoms with Crippen LogP contribution in [0.2, 0.25) is 0 Å². The summed E-state index contributed by atoms with van der Waals surface area (Å²) in [5.41, 5.74) is 2.00. The third kappa shape index (κ3) is 4.83. The molecule has 3 rings (SSSR count). The predicted molar refractivity (Wildman–Crippen MR) is 94.8 cm³/mol. The molecule has 24 heavy (non-hydrogen) atoms. The van der Waals surface area contributed by atoms with Crippen molar-refractivity contribution in [1.29, 1.82) is 0 Å². The van der Waals surface area contributed by atoms with E-state index in [0.29, 0.717) is 12.5 Å². The van der Waals surface area contributed by atoms with Gasteiger partial charge in [-0.3, -0.25) is 4.90 Å². The smallest absolute Gasteiger partial charge is 0.319 e. The van der Waals surface area contributed by atoms with Crippen molar-refractivity contribution in [2.75, 3.05) is 25.0 Å². The van der Waals surface area contributed by atoms with Gasteiger partial charge in [0.25, 0.3) is 0 Å². The number of H-pyrrole nitrogens is 1. The highest BCUT2D eigenvalue weighted by molar-refractivity contribution is 5.89. The number of nitrogens with zero attached hydrogens (tertiary/aromatic N) is 2. The molecule has 0 aliphatic carbocycles. The van der Waals surface area contributed by atoms with E-state index in [2.05, 4.69) is 25.5 Å². The number of likely N-dealkylation sites (tertiary alicyclic amines) is 1. The van der Waals surface area contributed by atoms with Crippen LogP contribution in [-0.2, 0) is 6.54 Å². The lowest BCUT2D eigenvalue weighted by atomic mass is 9.98. The molecule has 0 spiro atoms. The summed E-state index contributed by atoms with van der Waals surface area (Å²) in [6.45, 7) is 5.66. The Morgan fingerprint density at radius 3 is 2.96 bits per heavy atom. The number of anilines is 1. The van der Waals surface area contributed by atoms with Crippen LogP contribution in [0.4, 0.5) is 10.5 Å². The van der Waals surface area contributed by atoms with Crippen molar-refractivity contribution in [2.45, 2.75) is 26.3 Å². The Morgan fingerprint density at radius 1 is 1.38 bits per heavy atom. The molecule has 1 aromatic carbocycles.